The molecule has 0 bridgehead atoms. The van der Waals surface area contributed by atoms with Gasteiger partial charge in [-0.05, 0) is 36.2 Å². The molecule has 0 saturated carbocycles. The van der Waals surface area contributed by atoms with E-state index in [-0.39, 0.29) is 43.0 Å². The third-order valence-electron chi connectivity index (χ3n) is 8.11. The zero-order chi connectivity index (χ0) is 29.3. The van der Waals surface area contributed by atoms with Gasteiger partial charge in [-0.3, -0.25) is 4.79 Å². The number of carbonyl (C=O) groups excluding carboxylic acids is 1. The second kappa shape index (κ2) is 11.8. The lowest BCUT2D eigenvalue weighted by Gasteiger charge is -2.35. The maximum Gasteiger partial charge on any atom is 0.271 e. The number of sulfonamides is 1. The van der Waals surface area contributed by atoms with E-state index in [9.17, 15) is 18.3 Å². The van der Waals surface area contributed by atoms with Crippen LogP contribution in [0, 0.1) is 5.92 Å². The highest BCUT2D eigenvalue weighted by Crippen LogP contribution is 2.38. The highest BCUT2D eigenvalue weighted by atomic mass is 32.2. The van der Waals surface area contributed by atoms with E-state index < -0.39 is 22.2 Å². The van der Waals surface area contributed by atoms with Gasteiger partial charge in [-0.15, -0.1) is 0 Å². The zero-order valence-electron chi connectivity index (χ0n) is 23.9. The molecular formula is C32H37N3O5S. The maximum atomic E-state index is 14.4. The van der Waals surface area contributed by atoms with Crippen LogP contribution < -0.4 is 0 Å². The van der Waals surface area contributed by atoms with Crippen molar-refractivity contribution in [1.82, 2.24) is 13.8 Å². The van der Waals surface area contributed by atoms with Gasteiger partial charge in [0.15, 0.2) is 0 Å². The van der Waals surface area contributed by atoms with Crippen molar-refractivity contribution in [2.75, 3.05) is 26.7 Å². The molecule has 5 rings (SSSR count). The van der Waals surface area contributed by atoms with Gasteiger partial charge in [-0.1, -0.05) is 67.6 Å². The number of hydrogen-bond donors (Lipinski definition) is 1. The summed E-state index contributed by atoms with van der Waals surface area (Å²) in [7, 11) is -0.295. The number of carbonyl (C=O) groups is 1. The Bertz CT molecular complexity index is 1650. The number of fused-ring (bicyclic) bond motifs is 5. The zero-order valence-corrected chi connectivity index (χ0v) is 24.7. The predicted octanol–water partition coefficient (Wildman–Crippen LogP) is 4.52. The summed E-state index contributed by atoms with van der Waals surface area (Å²) in [6, 6.07) is 23.7. The van der Waals surface area contributed by atoms with Gasteiger partial charge in [0, 0.05) is 49.6 Å². The fourth-order valence-corrected chi connectivity index (χ4v) is 6.85. The molecule has 41 heavy (non-hydrogen) atoms. The topological polar surface area (TPSA) is 92.1 Å². The number of likely N-dealkylation sites (N-methyl/N-ethyl adjacent to an activating group) is 1. The number of rotatable bonds is 6. The summed E-state index contributed by atoms with van der Waals surface area (Å²) in [4.78, 5) is 16.3. The minimum Gasteiger partial charge on any atom is -0.394 e. The van der Waals surface area contributed by atoms with E-state index in [0.717, 1.165) is 27.6 Å². The summed E-state index contributed by atoms with van der Waals surface area (Å²) in [5, 5.41) is 11.1. The molecule has 3 aromatic carbocycles. The summed E-state index contributed by atoms with van der Waals surface area (Å²) < 4.78 is 36.5. The van der Waals surface area contributed by atoms with Crippen LogP contribution in [0.2, 0.25) is 0 Å². The van der Waals surface area contributed by atoms with Crippen LogP contribution in [0.3, 0.4) is 0 Å². The lowest BCUT2D eigenvalue weighted by Crippen LogP contribution is -2.48. The van der Waals surface area contributed by atoms with Gasteiger partial charge >= 0.3 is 0 Å². The Labute approximate surface area is 241 Å². The first kappa shape index (κ1) is 29.0. The van der Waals surface area contributed by atoms with Crippen molar-refractivity contribution >= 4 is 26.8 Å². The highest BCUT2D eigenvalue weighted by molar-refractivity contribution is 7.89. The molecule has 0 fully saturated rings. The number of amides is 1. The maximum absolute atomic E-state index is 14.4. The highest BCUT2D eigenvalue weighted by Gasteiger charge is 2.34. The molecule has 1 amide bonds. The number of benzene rings is 3. The average Bonchev–Trinajstić information content (AvgIpc) is 3.28. The summed E-state index contributed by atoms with van der Waals surface area (Å²) in [6.07, 6.45) is -0.523. The van der Waals surface area contributed by atoms with Crippen LogP contribution in [0.5, 0.6) is 0 Å². The molecule has 1 aliphatic rings. The minimum atomic E-state index is -3.75. The van der Waals surface area contributed by atoms with Gasteiger partial charge in [0.2, 0.25) is 10.0 Å². The van der Waals surface area contributed by atoms with E-state index in [1.165, 1.54) is 4.31 Å². The molecule has 2 heterocycles. The molecule has 1 N–H and O–H groups in total. The van der Waals surface area contributed by atoms with Gasteiger partial charge in [0.25, 0.3) is 5.91 Å². The largest absolute Gasteiger partial charge is 0.394 e. The van der Waals surface area contributed by atoms with Crippen molar-refractivity contribution in [1.29, 1.82) is 0 Å². The van der Waals surface area contributed by atoms with Crippen LogP contribution in [-0.4, -0.2) is 72.1 Å². The number of aliphatic hydroxyl groups excluding tert-OH is 1. The van der Waals surface area contributed by atoms with Gasteiger partial charge in [-0.25, -0.2) is 8.42 Å². The molecule has 1 aliphatic heterocycles. The van der Waals surface area contributed by atoms with E-state index >= 15 is 0 Å². The molecule has 0 saturated heterocycles. The van der Waals surface area contributed by atoms with E-state index in [0.29, 0.717) is 5.69 Å². The molecule has 1 aromatic heterocycles. The summed E-state index contributed by atoms with van der Waals surface area (Å²) in [6.45, 7) is 4.21. The summed E-state index contributed by atoms with van der Waals surface area (Å²) in [5.74, 6) is -0.433. The Morgan fingerprint density at radius 3 is 2.41 bits per heavy atom. The lowest BCUT2D eigenvalue weighted by molar-refractivity contribution is -0.0147. The average molecular weight is 576 g/mol. The monoisotopic (exact) mass is 575 g/mol. The molecule has 0 unspecified atom stereocenters. The van der Waals surface area contributed by atoms with Crippen molar-refractivity contribution in [3.63, 3.8) is 0 Å². The van der Waals surface area contributed by atoms with Crippen LogP contribution in [0.25, 0.3) is 22.0 Å². The summed E-state index contributed by atoms with van der Waals surface area (Å²) in [5.41, 5.74) is 4.12. The van der Waals surface area contributed by atoms with Crippen LogP contribution >= 0.6 is 0 Å². The fourth-order valence-electron chi connectivity index (χ4n) is 5.65. The molecule has 3 atom stereocenters. The van der Waals surface area contributed by atoms with Crippen LogP contribution in [0.15, 0.2) is 83.8 Å². The van der Waals surface area contributed by atoms with E-state index in [1.807, 2.05) is 74.0 Å². The Balaban J connectivity index is 1.61. The summed E-state index contributed by atoms with van der Waals surface area (Å²) >= 11 is 0. The predicted molar refractivity (Wildman–Crippen MR) is 160 cm³/mol. The number of aliphatic hydroxyl groups is 1. The molecule has 8 nitrogen and oxygen atoms in total. The van der Waals surface area contributed by atoms with Gasteiger partial charge < -0.3 is 19.3 Å². The van der Waals surface area contributed by atoms with Gasteiger partial charge in [0.05, 0.1) is 30.3 Å². The number of para-hydroxylation sites is 1. The SMILES string of the molecule is C[C@H]1CN([C@@H](C)CO)C(=O)c2c(c3ccccc3n2C)-c2ccccc2CO[C@H]1CN(C)S(=O)(=O)c1ccccc1. The van der Waals surface area contributed by atoms with Crippen molar-refractivity contribution in [3.05, 3.63) is 90.1 Å². The van der Waals surface area contributed by atoms with E-state index in [1.54, 1.807) is 42.3 Å². The number of aromatic nitrogens is 1. The van der Waals surface area contributed by atoms with Crippen LogP contribution in [0.1, 0.15) is 29.9 Å². The Kier molecular flexibility index (Phi) is 8.33. The standard InChI is InChI=1S/C32H37N3O5S/c1-22-18-35(23(2)20-36)32(37)31-30(27-16-10-11-17-28(27)34(31)4)26-15-9-8-12-24(26)21-40-29(22)19-33(3)41(38,39)25-13-6-5-7-14-25/h5-17,22-23,29,36H,18-21H2,1-4H3/t22-,23-,29-/m0/s1. The molecule has 0 spiro atoms. The molecule has 4 aromatic rings. The third-order valence-corrected chi connectivity index (χ3v) is 9.95. The van der Waals surface area contributed by atoms with Crippen molar-refractivity contribution < 1.29 is 23.1 Å². The Morgan fingerprint density at radius 1 is 1.02 bits per heavy atom. The molecule has 0 aliphatic carbocycles. The second-order valence-electron chi connectivity index (χ2n) is 10.9. The van der Waals surface area contributed by atoms with E-state index in [2.05, 4.69) is 0 Å². The molecule has 0 radical (unpaired) electrons. The van der Waals surface area contributed by atoms with Crippen molar-refractivity contribution in [2.24, 2.45) is 13.0 Å². The van der Waals surface area contributed by atoms with Gasteiger partial charge in [-0.2, -0.15) is 4.31 Å². The van der Waals surface area contributed by atoms with Crippen LogP contribution in [-0.2, 0) is 28.4 Å². The quantitative estimate of drug-likeness (QED) is 0.365. The van der Waals surface area contributed by atoms with Crippen molar-refractivity contribution in [3.8, 4) is 11.1 Å². The van der Waals surface area contributed by atoms with Gasteiger partial charge in [0.1, 0.15) is 5.69 Å². The number of hydrogen-bond acceptors (Lipinski definition) is 5. The third kappa shape index (κ3) is 5.42. The second-order valence-corrected chi connectivity index (χ2v) is 12.9. The number of ether oxygens (including phenoxy) is 1. The molecule has 9 heteroatoms. The molecule has 216 valence electrons. The fraction of sp³-hybridized carbons (Fsp3) is 0.344. The minimum absolute atomic E-state index is 0.103. The first-order valence-corrected chi connectivity index (χ1v) is 15.3. The molecular weight excluding hydrogens is 538 g/mol. The smallest absolute Gasteiger partial charge is 0.271 e. The Morgan fingerprint density at radius 2 is 1.68 bits per heavy atom. The number of nitrogens with zero attached hydrogens (tertiary/aromatic N) is 3. The van der Waals surface area contributed by atoms with E-state index in [4.69, 9.17) is 4.74 Å². The Hall–Kier alpha value is -3.50. The number of aryl methyl sites for hydroxylation is 1. The first-order valence-electron chi connectivity index (χ1n) is 13.9. The van der Waals surface area contributed by atoms with Crippen molar-refractivity contribution in [2.45, 2.75) is 37.5 Å². The lowest BCUT2D eigenvalue weighted by atomic mass is 9.96. The van der Waals surface area contributed by atoms with Crippen LogP contribution in [0.4, 0.5) is 0 Å². The normalized spacial score (nSPS) is 19.1. The first-order chi connectivity index (χ1) is 19.6.